The summed E-state index contributed by atoms with van der Waals surface area (Å²) in [6.45, 7) is 2.31. The Bertz CT molecular complexity index is 592. The second-order valence-electron chi connectivity index (χ2n) is 5.39. The highest BCUT2D eigenvalue weighted by Crippen LogP contribution is 2.30. The third-order valence-corrected chi connectivity index (χ3v) is 4.62. The van der Waals surface area contributed by atoms with Gasteiger partial charge in [0.25, 0.3) is 0 Å². The van der Waals surface area contributed by atoms with E-state index in [1.54, 1.807) is 6.92 Å². The highest BCUT2D eigenvalue weighted by molar-refractivity contribution is 7.99. The van der Waals surface area contributed by atoms with E-state index in [1.165, 1.54) is 11.0 Å². The van der Waals surface area contributed by atoms with Gasteiger partial charge in [0.1, 0.15) is 0 Å². The fourth-order valence-electron chi connectivity index (χ4n) is 2.35. The van der Waals surface area contributed by atoms with Gasteiger partial charge < -0.3 is 10.0 Å². The molecule has 2 heterocycles. The maximum Gasteiger partial charge on any atom is 0.417 e. The largest absolute Gasteiger partial charge is 0.481 e. The second kappa shape index (κ2) is 6.77. The smallest absolute Gasteiger partial charge is 0.417 e. The first-order chi connectivity index (χ1) is 10.7. The van der Waals surface area contributed by atoms with E-state index in [0.29, 0.717) is 11.6 Å². The fourth-order valence-corrected chi connectivity index (χ4v) is 3.10. The third kappa shape index (κ3) is 4.37. The number of likely N-dealkylation sites (tertiary alicyclic amines) is 1. The molecule has 0 saturated carbocycles. The van der Waals surface area contributed by atoms with Crippen LogP contribution in [0.1, 0.15) is 12.5 Å². The molecule has 2 rings (SSSR count). The van der Waals surface area contributed by atoms with Crippen LogP contribution in [0.2, 0.25) is 0 Å². The zero-order chi connectivity index (χ0) is 17.2. The van der Waals surface area contributed by atoms with Crippen LogP contribution in [-0.2, 0) is 15.8 Å². The van der Waals surface area contributed by atoms with Crippen LogP contribution in [0.25, 0.3) is 0 Å². The van der Waals surface area contributed by atoms with Gasteiger partial charge in [-0.15, -0.1) is 0 Å². The summed E-state index contributed by atoms with van der Waals surface area (Å²) in [5.74, 6) is -1.85. The van der Waals surface area contributed by atoms with Crippen molar-refractivity contribution in [1.29, 1.82) is 0 Å². The van der Waals surface area contributed by atoms with Gasteiger partial charge in [-0.3, -0.25) is 9.59 Å². The first-order valence-corrected chi connectivity index (χ1v) is 7.83. The monoisotopic (exact) mass is 348 g/mol. The van der Waals surface area contributed by atoms with Gasteiger partial charge >= 0.3 is 12.1 Å². The molecule has 0 radical (unpaired) electrons. The van der Waals surface area contributed by atoms with Crippen molar-refractivity contribution in [1.82, 2.24) is 9.88 Å². The standard InChI is InChI=1S/C14H15F3N2O3S/c1-8-5-19(6-10(8)13(21)22)12(20)7-23-11-3-2-9(4-18-11)14(15,16)17/h2-4,8,10H,5-7H2,1H3,(H,21,22)/t8-,10-/m1/s1. The summed E-state index contributed by atoms with van der Waals surface area (Å²) in [5, 5.41) is 9.35. The topological polar surface area (TPSA) is 70.5 Å². The van der Waals surface area contributed by atoms with Gasteiger partial charge in [0, 0.05) is 19.3 Å². The van der Waals surface area contributed by atoms with Gasteiger partial charge in [0.2, 0.25) is 5.91 Å². The fraction of sp³-hybridized carbons (Fsp3) is 0.500. The number of pyridine rings is 1. The van der Waals surface area contributed by atoms with E-state index in [0.717, 1.165) is 24.0 Å². The number of alkyl halides is 3. The predicted octanol–water partition coefficient (Wildman–Crippen LogP) is 2.37. The van der Waals surface area contributed by atoms with Crippen LogP contribution >= 0.6 is 11.8 Å². The average Bonchev–Trinajstić information content (AvgIpc) is 2.86. The quantitative estimate of drug-likeness (QED) is 0.846. The van der Waals surface area contributed by atoms with Gasteiger partial charge in [0.05, 0.1) is 22.3 Å². The van der Waals surface area contributed by atoms with Crippen LogP contribution in [0.4, 0.5) is 13.2 Å². The van der Waals surface area contributed by atoms with Crippen LogP contribution in [0, 0.1) is 11.8 Å². The van der Waals surface area contributed by atoms with Crippen molar-refractivity contribution in [3.05, 3.63) is 23.9 Å². The minimum absolute atomic E-state index is 0.0113. The highest BCUT2D eigenvalue weighted by Gasteiger charge is 2.36. The van der Waals surface area contributed by atoms with E-state index in [4.69, 9.17) is 5.11 Å². The lowest BCUT2D eigenvalue weighted by Crippen LogP contribution is -2.31. The lowest BCUT2D eigenvalue weighted by atomic mass is 9.99. The number of hydrogen-bond donors (Lipinski definition) is 1. The Morgan fingerprint density at radius 3 is 2.57 bits per heavy atom. The summed E-state index contributed by atoms with van der Waals surface area (Å²) in [6, 6.07) is 2.13. The van der Waals surface area contributed by atoms with E-state index in [-0.39, 0.29) is 24.1 Å². The highest BCUT2D eigenvalue weighted by atomic mass is 32.2. The van der Waals surface area contributed by atoms with Crippen LogP contribution in [0.15, 0.2) is 23.4 Å². The SMILES string of the molecule is C[C@@H]1CN(C(=O)CSc2ccc(C(F)(F)F)cn2)C[C@H]1C(=O)O. The van der Waals surface area contributed by atoms with Crippen LogP contribution < -0.4 is 0 Å². The van der Waals surface area contributed by atoms with Gasteiger partial charge in [-0.25, -0.2) is 4.98 Å². The number of carboxylic acid groups (broad SMARTS) is 1. The van der Waals surface area contributed by atoms with Crippen molar-refractivity contribution >= 4 is 23.6 Å². The van der Waals surface area contributed by atoms with E-state index in [1.807, 2.05) is 0 Å². The van der Waals surface area contributed by atoms with Gasteiger partial charge in [-0.1, -0.05) is 18.7 Å². The van der Waals surface area contributed by atoms with E-state index in [2.05, 4.69) is 4.98 Å². The third-order valence-electron chi connectivity index (χ3n) is 3.69. The number of halogens is 3. The van der Waals surface area contributed by atoms with Crippen LogP contribution in [0.5, 0.6) is 0 Å². The maximum atomic E-state index is 12.4. The molecule has 1 amide bonds. The Balaban J connectivity index is 1.89. The molecule has 1 fully saturated rings. The summed E-state index contributed by atoms with van der Waals surface area (Å²) in [4.78, 5) is 28.2. The summed E-state index contributed by atoms with van der Waals surface area (Å²) in [5.41, 5.74) is -0.842. The molecule has 0 bridgehead atoms. The Hall–Kier alpha value is -1.77. The van der Waals surface area contributed by atoms with Crippen molar-refractivity contribution in [3.8, 4) is 0 Å². The Kier molecular flexibility index (Phi) is 5.18. The molecule has 5 nitrogen and oxygen atoms in total. The molecule has 0 spiro atoms. The van der Waals surface area contributed by atoms with Crippen molar-refractivity contribution in [2.24, 2.45) is 11.8 Å². The number of thioether (sulfide) groups is 1. The van der Waals surface area contributed by atoms with Crippen LogP contribution in [0.3, 0.4) is 0 Å². The van der Waals surface area contributed by atoms with Gasteiger partial charge in [-0.05, 0) is 18.1 Å². The van der Waals surface area contributed by atoms with Crippen molar-refractivity contribution in [2.75, 3.05) is 18.8 Å². The number of aliphatic carboxylic acids is 1. The molecule has 1 saturated heterocycles. The lowest BCUT2D eigenvalue weighted by molar-refractivity contribution is -0.142. The number of rotatable bonds is 4. The summed E-state index contributed by atoms with van der Waals surface area (Å²) >= 11 is 1.03. The molecular formula is C14H15F3N2O3S. The van der Waals surface area contributed by atoms with E-state index < -0.39 is 23.6 Å². The van der Waals surface area contributed by atoms with E-state index >= 15 is 0 Å². The molecule has 2 atom stereocenters. The number of hydrogen-bond acceptors (Lipinski definition) is 4. The second-order valence-corrected chi connectivity index (χ2v) is 6.39. The summed E-state index contributed by atoms with van der Waals surface area (Å²) in [7, 11) is 0. The number of nitrogens with zero attached hydrogens (tertiary/aromatic N) is 2. The Morgan fingerprint density at radius 2 is 2.09 bits per heavy atom. The first kappa shape index (κ1) is 17.6. The molecule has 1 aromatic rings. The minimum atomic E-state index is -4.44. The van der Waals surface area contributed by atoms with Gasteiger partial charge in [-0.2, -0.15) is 13.2 Å². The summed E-state index contributed by atoms with van der Waals surface area (Å²) in [6.07, 6.45) is -3.71. The molecule has 0 aromatic carbocycles. The molecule has 1 N–H and O–H groups in total. The normalized spacial score (nSPS) is 21.5. The zero-order valence-electron chi connectivity index (χ0n) is 12.2. The van der Waals surface area contributed by atoms with Gasteiger partial charge in [0.15, 0.2) is 0 Å². The molecule has 9 heteroatoms. The molecular weight excluding hydrogens is 333 g/mol. The van der Waals surface area contributed by atoms with Crippen molar-refractivity contribution in [3.63, 3.8) is 0 Å². The number of amides is 1. The molecule has 1 aliphatic heterocycles. The maximum absolute atomic E-state index is 12.4. The Labute approximate surface area is 134 Å². The average molecular weight is 348 g/mol. The molecule has 0 aliphatic carbocycles. The van der Waals surface area contributed by atoms with Crippen molar-refractivity contribution in [2.45, 2.75) is 18.1 Å². The number of carbonyl (C=O) groups is 2. The number of carbonyl (C=O) groups excluding carboxylic acids is 1. The van der Waals surface area contributed by atoms with Crippen molar-refractivity contribution < 1.29 is 27.9 Å². The molecule has 1 aromatic heterocycles. The Morgan fingerprint density at radius 1 is 1.39 bits per heavy atom. The molecule has 126 valence electrons. The number of aromatic nitrogens is 1. The first-order valence-electron chi connectivity index (χ1n) is 6.85. The minimum Gasteiger partial charge on any atom is -0.481 e. The molecule has 1 aliphatic rings. The zero-order valence-corrected chi connectivity index (χ0v) is 13.0. The molecule has 0 unspecified atom stereocenters. The summed E-state index contributed by atoms with van der Waals surface area (Å²) < 4.78 is 37.3. The van der Waals surface area contributed by atoms with Crippen LogP contribution in [-0.4, -0.2) is 45.7 Å². The van der Waals surface area contributed by atoms with E-state index in [9.17, 15) is 22.8 Å². The lowest BCUT2D eigenvalue weighted by Gasteiger charge is -2.15. The molecule has 23 heavy (non-hydrogen) atoms. The number of carboxylic acids is 1. The predicted molar refractivity (Wildman–Crippen MR) is 76.8 cm³/mol.